The summed E-state index contributed by atoms with van der Waals surface area (Å²) in [5, 5.41) is 13.3. The van der Waals surface area contributed by atoms with Gasteiger partial charge in [-0.15, -0.1) is 0 Å². The van der Waals surface area contributed by atoms with Gasteiger partial charge in [0, 0.05) is 37.5 Å². The molecule has 1 spiro atoms. The number of imide groups is 2. The Bertz CT molecular complexity index is 806. The van der Waals surface area contributed by atoms with Crippen molar-refractivity contribution in [2.75, 3.05) is 18.5 Å². The molecule has 0 aliphatic carbocycles. The Hall–Kier alpha value is -2.97. The molecule has 0 radical (unpaired) electrons. The lowest BCUT2D eigenvalue weighted by Crippen LogP contribution is -2.69. The number of anilines is 1. The molecule has 25 heavy (non-hydrogen) atoms. The monoisotopic (exact) mass is 346 g/mol. The third-order valence-electron chi connectivity index (χ3n) is 4.70. The van der Waals surface area contributed by atoms with E-state index in [-0.39, 0.29) is 18.7 Å². The van der Waals surface area contributed by atoms with Crippen LogP contribution in [-0.4, -0.2) is 47.3 Å². The number of amides is 4. The van der Waals surface area contributed by atoms with Crippen LogP contribution < -0.4 is 10.2 Å². The number of hydrogen-bond acceptors (Lipinski definition) is 6. The number of urea groups is 1. The van der Waals surface area contributed by atoms with Gasteiger partial charge >= 0.3 is 6.03 Å². The van der Waals surface area contributed by atoms with Crippen LogP contribution in [0.5, 0.6) is 0 Å². The molecule has 1 saturated heterocycles. The van der Waals surface area contributed by atoms with Crippen molar-refractivity contribution >= 4 is 29.2 Å². The maximum absolute atomic E-state index is 13.0. The summed E-state index contributed by atoms with van der Waals surface area (Å²) in [5.74, 6) is -1.23. The number of non-ortho nitro benzene ring substituents is 1. The number of benzene rings is 1. The molecule has 1 aromatic carbocycles. The lowest BCUT2D eigenvalue weighted by atomic mass is 9.74. The van der Waals surface area contributed by atoms with Gasteiger partial charge in [0.1, 0.15) is 5.41 Å². The summed E-state index contributed by atoms with van der Waals surface area (Å²) in [6, 6.07) is 3.23. The van der Waals surface area contributed by atoms with E-state index in [9.17, 15) is 24.5 Å². The zero-order chi connectivity index (χ0) is 18.5. The van der Waals surface area contributed by atoms with E-state index in [1.807, 2.05) is 0 Å². The van der Waals surface area contributed by atoms with E-state index in [2.05, 4.69) is 5.32 Å². The van der Waals surface area contributed by atoms with E-state index in [1.165, 1.54) is 12.1 Å². The van der Waals surface area contributed by atoms with Gasteiger partial charge in [-0.05, 0) is 31.9 Å². The van der Waals surface area contributed by atoms with Crippen molar-refractivity contribution in [3.8, 4) is 0 Å². The first-order valence-electron chi connectivity index (χ1n) is 7.85. The highest BCUT2D eigenvalue weighted by atomic mass is 16.6. The molecular weight excluding hydrogens is 328 g/mol. The second kappa shape index (κ2) is 5.54. The number of nitrogens with one attached hydrogen (secondary N) is 1. The molecule has 0 aromatic heterocycles. The van der Waals surface area contributed by atoms with Gasteiger partial charge < -0.3 is 4.90 Å². The Kier molecular flexibility index (Phi) is 3.74. The van der Waals surface area contributed by atoms with Crippen LogP contribution in [0, 0.1) is 15.5 Å². The summed E-state index contributed by atoms with van der Waals surface area (Å²) in [7, 11) is 1.71. The van der Waals surface area contributed by atoms with Gasteiger partial charge in [-0.1, -0.05) is 0 Å². The third-order valence-corrected chi connectivity index (χ3v) is 4.70. The van der Waals surface area contributed by atoms with Crippen LogP contribution >= 0.6 is 0 Å². The number of fused-ring (bicyclic) bond motifs is 1. The Morgan fingerprint density at radius 1 is 1.28 bits per heavy atom. The number of nitrogens with zero attached hydrogens (tertiary/aromatic N) is 3. The fraction of sp³-hybridized carbons (Fsp3) is 0.438. The number of carbonyl (C=O) groups is 3. The minimum absolute atomic E-state index is 0.00944. The summed E-state index contributed by atoms with van der Waals surface area (Å²) in [6.07, 6.45) is 0.00944. The third kappa shape index (κ3) is 2.43. The largest absolute Gasteiger partial charge is 0.373 e. The Morgan fingerprint density at radius 3 is 2.56 bits per heavy atom. The van der Waals surface area contributed by atoms with Crippen molar-refractivity contribution in [1.82, 2.24) is 10.2 Å². The molecule has 9 nitrogen and oxygen atoms in total. The fourth-order valence-electron chi connectivity index (χ4n) is 3.53. The van der Waals surface area contributed by atoms with Crippen LogP contribution in [0.3, 0.4) is 0 Å². The smallest absolute Gasteiger partial charge is 0.331 e. The Morgan fingerprint density at radius 2 is 1.96 bits per heavy atom. The molecule has 2 aliphatic rings. The Balaban J connectivity index is 2.09. The van der Waals surface area contributed by atoms with E-state index in [0.29, 0.717) is 5.56 Å². The van der Waals surface area contributed by atoms with Crippen LogP contribution in [0.1, 0.15) is 19.4 Å². The molecule has 9 heteroatoms. The molecule has 1 N–H and O–H groups in total. The molecule has 1 fully saturated rings. The quantitative estimate of drug-likeness (QED) is 0.487. The first-order valence-corrected chi connectivity index (χ1v) is 7.85. The fourth-order valence-corrected chi connectivity index (χ4v) is 3.53. The predicted octanol–water partition coefficient (Wildman–Crippen LogP) is 1.06. The average molecular weight is 346 g/mol. The topological polar surface area (TPSA) is 113 Å². The number of carbonyl (C=O) groups excluding carboxylic acids is 3. The molecule has 2 heterocycles. The molecule has 3 rings (SSSR count). The lowest BCUT2D eigenvalue weighted by Gasteiger charge is -2.46. The van der Waals surface area contributed by atoms with Gasteiger partial charge in [-0.2, -0.15) is 0 Å². The first-order chi connectivity index (χ1) is 11.7. The summed E-state index contributed by atoms with van der Waals surface area (Å²) < 4.78 is 0. The van der Waals surface area contributed by atoms with Gasteiger partial charge in [-0.25, -0.2) is 4.79 Å². The summed E-state index contributed by atoms with van der Waals surface area (Å²) in [5.41, 5.74) is -0.325. The minimum Gasteiger partial charge on any atom is -0.373 e. The molecule has 132 valence electrons. The van der Waals surface area contributed by atoms with Crippen molar-refractivity contribution < 1.29 is 19.3 Å². The van der Waals surface area contributed by atoms with Gasteiger partial charge in [0.05, 0.1) is 4.92 Å². The zero-order valence-corrected chi connectivity index (χ0v) is 14.1. The van der Waals surface area contributed by atoms with Crippen LogP contribution in [-0.2, 0) is 16.0 Å². The molecular formula is C16H18N4O5. The van der Waals surface area contributed by atoms with Crippen molar-refractivity contribution in [3.05, 3.63) is 33.9 Å². The molecule has 4 amide bonds. The van der Waals surface area contributed by atoms with Crippen LogP contribution in [0.15, 0.2) is 18.2 Å². The number of rotatable bonds is 2. The van der Waals surface area contributed by atoms with Crippen LogP contribution in [0.4, 0.5) is 16.2 Å². The lowest BCUT2D eigenvalue weighted by molar-refractivity contribution is -0.384. The predicted molar refractivity (Wildman–Crippen MR) is 88.0 cm³/mol. The minimum atomic E-state index is -1.48. The molecule has 1 unspecified atom stereocenters. The van der Waals surface area contributed by atoms with Gasteiger partial charge in [0.15, 0.2) is 0 Å². The maximum atomic E-state index is 13.0. The van der Waals surface area contributed by atoms with E-state index < -0.39 is 34.2 Å². The number of nitro groups is 1. The normalized spacial score (nSPS) is 23.1. The first kappa shape index (κ1) is 16.9. The van der Waals surface area contributed by atoms with Crippen molar-refractivity contribution in [1.29, 1.82) is 0 Å². The molecule has 1 atom stereocenters. The number of hydrogen-bond donors (Lipinski definition) is 1. The second-order valence-electron chi connectivity index (χ2n) is 6.71. The average Bonchev–Trinajstić information content (AvgIpc) is 2.52. The molecule has 0 bridgehead atoms. The van der Waals surface area contributed by atoms with Gasteiger partial charge in [0.2, 0.25) is 11.8 Å². The standard InChI is InChI=1S/C16H18N4O5/c1-9(2)19-14(22)16(13(21)17-15(19)23)7-10-6-11(20(24)25)4-5-12(10)18(3)8-16/h4-6,9H,7-8H2,1-3H3,(H,17,21,23). The second-order valence-corrected chi connectivity index (χ2v) is 6.71. The summed E-state index contributed by atoms with van der Waals surface area (Å²) >= 11 is 0. The molecule has 0 saturated carbocycles. The molecule has 1 aromatic rings. The van der Waals surface area contributed by atoms with Crippen LogP contribution in [0.25, 0.3) is 0 Å². The van der Waals surface area contributed by atoms with Crippen molar-refractivity contribution in [2.45, 2.75) is 26.3 Å². The molecule has 2 aliphatic heterocycles. The zero-order valence-electron chi connectivity index (χ0n) is 14.1. The van der Waals surface area contributed by atoms with Gasteiger partial charge in [0.25, 0.3) is 5.69 Å². The van der Waals surface area contributed by atoms with Crippen LogP contribution in [0.2, 0.25) is 0 Å². The Labute approximate surface area is 143 Å². The summed E-state index contributed by atoms with van der Waals surface area (Å²) in [6.45, 7) is 3.47. The maximum Gasteiger partial charge on any atom is 0.331 e. The van der Waals surface area contributed by atoms with E-state index in [1.54, 1.807) is 31.9 Å². The number of nitro benzene ring substituents is 1. The van der Waals surface area contributed by atoms with E-state index in [4.69, 9.17) is 0 Å². The van der Waals surface area contributed by atoms with Crippen molar-refractivity contribution in [2.24, 2.45) is 5.41 Å². The SMILES string of the molecule is CC(C)N1C(=O)NC(=O)C2(Cc3cc([N+](=O)[O-])ccc3N(C)C2)C1=O. The number of barbiturate groups is 1. The van der Waals surface area contributed by atoms with E-state index in [0.717, 1.165) is 10.6 Å². The highest BCUT2D eigenvalue weighted by molar-refractivity contribution is 6.20. The van der Waals surface area contributed by atoms with E-state index >= 15 is 0 Å². The highest BCUT2D eigenvalue weighted by Gasteiger charge is 2.56. The van der Waals surface area contributed by atoms with Crippen molar-refractivity contribution in [3.63, 3.8) is 0 Å². The summed E-state index contributed by atoms with van der Waals surface area (Å²) in [4.78, 5) is 50.9. The highest BCUT2D eigenvalue weighted by Crippen LogP contribution is 2.40. The van der Waals surface area contributed by atoms with Gasteiger partial charge in [-0.3, -0.25) is 29.9 Å².